The number of aliphatic hydroxyl groups excluding tert-OH is 1. The quantitative estimate of drug-likeness (QED) is 0.559. The Bertz CT molecular complexity index is 220. The van der Waals surface area contributed by atoms with E-state index in [-0.39, 0.29) is 11.2 Å². The summed E-state index contributed by atoms with van der Waals surface area (Å²) in [5, 5.41) is 9.43. The van der Waals surface area contributed by atoms with Gasteiger partial charge >= 0.3 is 0 Å². The molecule has 0 heterocycles. The first-order valence-corrected chi connectivity index (χ1v) is 4.34. The Kier molecular flexibility index (Phi) is 2.38. The van der Waals surface area contributed by atoms with Gasteiger partial charge in [0, 0.05) is 12.0 Å². The van der Waals surface area contributed by atoms with Crippen molar-refractivity contribution in [2.24, 2.45) is 5.41 Å². The molecule has 0 saturated heterocycles. The standard InChI is InChI=1S/C10H16O2/c1-10(2,3)6-7-8(11)4-5-9(7)12/h6,8,11H,4-5H2,1-3H3/b7-6+. The average molecular weight is 168 g/mol. The van der Waals surface area contributed by atoms with Crippen molar-refractivity contribution < 1.29 is 9.90 Å². The minimum Gasteiger partial charge on any atom is -0.388 e. The zero-order valence-electron chi connectivity index (χ0n) is 7.92. The average Bonchev–Trinajstić information content (AvgIpc) is 2.16. The topological polar surface area (TPSA) is 37.3 Å². The van der Waals surface area contributed by atoms with Crippen LogP contribution < -0.4 is 0 Å². The molecule has 1 atom stereocenters. The molecular weight excluding hydrogens is 152 g/mol. The Hall–Kier alpha value is -0.630. The molecule has 0 radical (unpaired) electrons. The van der Waals surface area contributed by atoms with Crippen LogP contribution in [-0.2, 0) is 4.79 Å². The zero-order valence-corrected chi connectivity index (χ0v) is 7.92. The second kappa shape index (κ2) is 3.02. The van der Waals surface area contributed by atoms with Gasteiger partial charge in [-0.1, -0.05) is 26.8 Å². The van der Waals surface area contributed by atoms with E-state index in [9.17, 15) is 9.90 Å². The van der Waals surface area contributed by atoms with Crippen LogP contribution in [-0.4, -0.2) is 17.0 Å². The number of carbonyl (C=O) groups is 1. The summed E-state index contributed by atoms with van der Waals surface area (Å²) in [6.45, 7) is 6.08. The summed E-state index contributed by atoms with van der Waals surface area (Å²) in [6.07, 6.45) is 2.47. The lowest BCUT2D eigenvalue weighted by molar-refractivity contribution is -0.114. The van der Waals surface area contributed by atoms with Crippen LogP contribution in [0.5, 0.6) is 0 Å². The lowest BCUT2D eigenvalue weighted by Gasteiger charge is -2.14. The summed E-state index contributed by atoms with van der Waals surface area (Å²) in [5.74, 6) is 0.109. The number of allylic oxidation sites excluding steroid dienone is 1. The normalized spacial score (nSPS) is 28.5. The Morgan fingerprint density at radius 2 is 2.08 bits per heavy atom. The van der Waals surface area contributed by atoms with Crippen LogP contribution in [0, 0.1) is 5.41 Å². The fraction of sp³-hybridized carbons (Fsp3) is 0.700. The molecule has 0 spiro atoms. The van der Waals surface area contributed by atoms with Crippen LogP contribution in [0.4, 0.5) is 0 Å². The van der Waals surface area contributed by atoms with Gasteiger partial charge in [-0.2, -0.15) is 0 Å². The molecule has 1 aliphatic rings. The van der Waals surface area contributed by atoms with Gasteiger partial charge in [0.15, 0.2) is 5.78 Å². The summed E-state index contributed by atoms with van der Waals surface area (Å²) in [6, 6.07) is 0. The van der Waals surface area contributed by atoms with Crippen LogP contribution in [0.3, 0.4) is 0 Å². The SMILES string of the molecule is CC(C)(C)/C=C1/C(=O)CCC1O. The Morgan fingerprint density at radius 3 is 2.42 bits per heavy atom. The molecule has 1 saturated carbocycles. The van der Waals surface area contributed by atoms with Gasteiger partial charge in [0.1, 0.15) is 0 Å². The van der Waals surface area contributed by atoms with Crippen molar-refractivity contribution in [3.63, 3.8) is 0 Å². The fourth-order valence-electron chi connectivity index (χ4n) is 1.40. The van der Waals surface area contributed by atoms with E-state index in [1.54, 1.807) is 0 Å². The van der Waals surface area contributed by atoms with E-state index in [4.69, 9.17) is 0 Å². The number of hydrogen-bond donors (Lipinski definition) is 1. The number of Topliss-reactive ketones (excluding diaryl/α,β-unsaturated/α-hetero) is 1. The predicted molar refractivity (Wildman–Crippen MR) is 47.8 cm³/mol. The van der Waals surface area contributed by atoms with Crippen molar-refractivity contribution >= 4 is 5.78 Å². The molecule has 1 aliphatic carbocycles. The first kappa shape index (κ1) is 9.46. The van der Waals surface area contributed by atoms with E-state index in [1.165, 1.54) is 0 Å². The van der Waals surface area contributed by atoms with Crippen LogP contribution in [0.2, 0.25) is 0 Å². The molecule has 0 aromatic carbocycles. The molecule has 0 aromatic rings. The number of hydrogen-bond acceptors (Lipinski definition) is 2. The van der Waals surface area contributed by atoms with Crippen LogP contribution >= 0.6 is 0 Å². The zero-order chi connectivity index (χ0) is 9.35. The van der Waals surface area contributed by atoms with E-state index in [0.717, 1.165) is 0 Å². The van der Waals surface area contributed by atoms with Crippen molar-refractivity contribution in [3.8, 4) is 0 Å². The smallest absolute Gasteiger partial charge is 0.161 e. The van der Waals surface area contributed by atoms with E-state index in [0.29, 0.717) is 18.4 Å². The highest BCUT2D eigenvalue weighted by molar-refractivity contribution is 5.98. The molecule has 1 fully saturated rings. The minimum absolute atomic E-state index is 0.0175. The Balaban J connectivity index is 2.86. The molecule has 1 N–H and O–H groups in total. The highest BCUT2D eigenvalue weighted by atomic mass is 16.3. The maximum absolute atomic E-state index is 11.2. The molecule has 1 rings (SSSR count). The molecule has 0 amide bonds. The van der Waals surface area contributed by atoms with E-state index in [2.05, 4.69) is 0 Å². The third-order valence-corrected chi connectivity index (χ3v) is 1.91. The summed E-state index contributed by atoms with van der Waals surface area (Å²) >= 11 is 0. The van der Waals surface area contributed by atoms with Crippen LogP contribution in [0.1, 0.15) is 33.6 Å². The lowest BCUT2D eigenvalue weighted by Crippen LogP contribution is -2.11. The number of ketones is 1. The van der Waals surface area contributed by atoms with Gasteiger partial charge in [-0.05, 0) is 11.8 Å². The van der Waals surface area contributed by atoms with Gasteiger partial charge in [-0.15, -0.1) is 0 Å². The van der Waals surface area contributed by atoms with Crippen molar-refractivity contribution in [2.75, 3.05) is 0 Å². The summed E-state index contributed by atoms with van der Waals surface area (Å²) in [5.41, 5.74) is 0.596. The molecule has 2 nitrogen and oxygen atoms in total. The van der Waals surface area contributed by atoms with Crippen LogP contribution in [0.25, 0.3) is 0 Å². The molecule has 0 bridgehead atoms. The van der Waals surface area contributed by atoms with E-state index in [1.807, 2.05) is 26.8 Å². The minimum atomic E-state index is -0.517. The summed E-state index contributed by atoms with van der Waals surface area (Å²) in [4.78, 5) is 11.2. The predicted octanol–water partition coefficient (Wildman–Crippen LogP) is 1.68. The van der Waals surface area contributed by atoms with Crippen molar-refractivity contribution in [1.82, 2.24) is 0 Å². The second-order valence-electron chi connectivity index (χ2n) is 4.44. The van der Waals surface area contributed by atoms with Gasteiger partial charge in [0.2, 0.25) is 0 Å². The van der Waals surface area contributed by atoms with Gasteiger partial charge < -0.3 is 5.11 Å². The Morgan fingerprint density at radius 1 is 1.50 bits per heavy atom. The lowest BCUT2D eigenvalue weighted by atomic mass is 9.92. The highest BCUT2D eigenvalue weighted by Crippen LogP contribution is 2.26. The van der Waals surface area contributed by atoms with Crippen molar-refractivity contribution in [2.45, 2.75) is 39.7 Å². The maximum atomic E-state index is 11.2. The molecule has 68 valence electrons. The summed E-state index contributed by atoms with van der Waals surface area (Å²) in [7, 11) is 0. The number of rotatable bonds is 0. The molecule has 0 aliphatic heterocycles. The van der Waals surface area contributed by atoms with Gasteiger partial charge in [0.25, 0.3) is 0 Å². The second-order valence-corrected chi connectivity index (χ2v) is 4.44. The first-order chi connectivity index (χ1) is 5.40. The van der Waals surface area contributed by atoms with Crippen molar-refractivity contribution in [1.29, 1.82) is 0 Å². The number of aliphatic hydroxyl groups is 1. The summed E-state index contributed by atoms with van der Waals surface area (Å²) < 4.78 is 0. The number of carbonyl (C=O) groups excluding carboxylic acids is 1. The molecule has 0 aromatic heterocycles. The van der Waals surface area contributed by atoms with Gasteiger partial charge in [0.05, 0.1) is 6.10 Å². The van der Waals surface area contributed by atoms with Gasteiger partial charge in [-0.25, -0.2) is 0 Å². The highest BCUT2D eigenvalue weighted by Gasteiger charge is 2.27. The van der Waals surface area contributed by atoms with Crippen LogP contribution in [0.15, 0.2) is 11.6 Å². The molecule has 12 heavy (non-hydrogen) atoms. The largest absolute Gasteiger partial charge is 0.388 e. The Labute approximate surface area is 73.3 Å². The molecular formula is C10H16O2. The molecule has 2 heteroatoms. The van der Waals surface area contributed by atoms with Gasteiger partial charge in [-0.3, -0.25) is 4.79 Å². The van der Waals surface area contributed by atoms with Crippen molar-refractivity contribution in [3.05, 3.63) is 11.6 Å². The first-order valence-electron chi connectivity index (χ1n) is 4.34. The third kappa shape index (κ3) is 2.18. The maximum Gasteiger partial charge on any atom is 0.161 e. The molecule has 1 unspecified atom stereocenters. The van der Waals surface area contributed by atoms with E-state index >= 15 is 0 Å². The fourth-order valence-corrected chi connectivity index (χ4v) is 1.40. The monoisotopic (exact) mass is 168 g/mol. The van der Waals surface area contributed by atoms with E-state index < -0.39 is 6.10 Å². The third-order valence-electron chi connectivity index (χ3n) is 1.91.